The highest BCUT2D eigenvalue weighted by molar-refractivity contribution is 5.97. The molecular formula is C23H21N5O3. The van der Waals surface area contributed by atoms with Crippen LogP contribution in [-0.2, 0) is 17.9 Å². The summed E-state index contributed by atoms with van der Waals surface area (Å²) in [5.74, 6) is -0.741. The van der Waals surface area contributed by atoms with Crippen LogP contribution in [0.15, 0.2) is 59.5 Å². The fourth-order valence-corrected chi connectivity index (χ4v) is 3.12. The Morgan fingerprint density at radius 3 is 2.65 bits per heavy atom. The molecule has 0 aliphatic carbocycles. The highest BCUT2D eigenvalue weighted by Gasteiger charge is 2.14. The molecular weight excluding hydrogens is 394 g/mol. The number of hydrogen-bond acceptors (Lipinski definition) is 5. The van der Waals surface area contributed by atoms with E-state index in [4.69, 9.17) is 0 Å². The van der Waals surface area contributed by atoms with Gasteiger partial charge in [-0.15, -0.1) is 0 Å². The second kappa shape index (κ2) is 9.50. The van der Waals surface area contributed by atoms with Gasteiger partial charge in [-0.1, -0.05) is 12.1 Å². The monoisotopic (exact) mass is 415 g/mol. The third-order valence-corrected chi connectivity index (χ3v) is 4.68. The number of pyridine rings is 2. The molecule has 2 aromatic heterocycles. The molecule has 2 N–H and O–H groups in total. The number of rotatable bonds is 6. The number of aryl methyl sites for hydroxylation is 2. The van der Waals surface area contributed by atoms with Crippen molar-refractivity contribution < 1.29 is 9.59 Å². The Balaban J connectivity index is 1.68. The van der Waals surface area contributed by atoms with E-state index in [0.29, 0.717) is 22.5 Å². The maximum Gasteiger partial charge on any atom is 0.269 e. The van der Waals surface area contributed by atoms with Crippen LogP contribution in [0.25, 0.3) is 0 Å². The van der Waals surface area contributed by atoms with Crippen LogP contribution in [0.4, 0.5) is 5.69 Å². The van der Waals surface area contributed by atoms with Gasteiger partial charge in [0.15, 0.2) is 0 Å². The number of anilines is 1. The van der Waals surface area contributed by atoms with Crippen molar-refractivity contribution in [2.45, 2.75) is 26.9 Å². The van der Waals surface area contributed by atoms with Gasteiger partial charge in [0.25, 0.3) is 11.5 Å². The highest BCUT2D eigenvalue weighted by atomic mass is 16.2. The molecule has 0 unspecified atom stereocenters. The minimum absolute atomic E-state index is 0.0185. The molecule has 0 spiro atoms. The summed E-state index contributed by atoms with van der Waals surface area (Å²) in [5.41, 5.74) is 2.21. The molecule has 0 radical (unpaired) electrons. The van der Waals surface area contributed by atoms with E-state index in [0.717, 1.165) is 5.69 Å². The van der Waals surface area contributed by atoms with Crippen LogP contribution in [0.3, 0.4) is 0 Å². The quantitative estimate of drug-likeness (QED) is 0.641. The molecule has 3 aromatic rings. The predicted molar refractivity (Wildman–Crippen MR) is 115 cm³/mol. The Kier molecular flexibility index (Phi) is 6.58. The number of aromatic nitrogens is 2. The average Bonchev–Trinajstić information content (AvgIpc) is 2.76. The molecule has 3 rings (SSSR count). The van der Waals surface area contributed by atoms with Crippen molar-refractivity contribution in [1.82, 2.24) is 14.9 Å². The number of nitriles is 1. The average molecular weight is 415 g/mol. The summed E-state index contributed by atoms with van der Waals surface area (Å²) in [6, 6.07) is 15.5. The Morgan fingerprint density at radius 1 is 1.13 bits per heavy atom. The van der Waals surface area contributed by atoms with Crippen molar-refractivity contribution >= 4 is 17.5 Å². The van der Waals surface area contributed by atoms with E-state index in [9.17, 15) is 19.6 Å². The fraction of sp³-hybridized carbons (Fsp3) is 0.174. The van der Waals surface area contributed by atoms with Crippen molar-refractivity contribution in [3.63, 3.8) is 0 Å². The van der Waals surface area contributed by atoms with Gasteiger partial charge in [-0.05, 0) is 55.8 Å². The molecule has 8 heteroatoms. The Hall–Kier alpha value is -4.25. The summed E-state index contributed by atoms with van der Waals surface area (Å²) in [6.07, 6.45) is 1.65. The number of nitrogens with one attached hydrogen (secondary N) is 2. The summed E-state index contributed by atoms with van der Waals surface area (Å²) in [5, 5.41) is 14.6. The van der Waals surface area contributed by atoms with Crippen molar-refractivity contribution in [2.75, 3.05) is 5.32 Å². The van der Waals surface area contributed by atoms with Crippen molar-refractivity contribution in [2.24, 2.45) is 0 Å². The van der Waals surface area contributed by atoms with E-state index in [1.54, 1.807) is 56.4 Å². The first kappa shape index (κ1) is 21.5. The van der Waals surface area contributed by atoms with Gasteiger partial charge in [0.1, 0.15) is 18.2 Å². The number of carbonyl (C=O) groups excluding carboxylic acids is 2. The molecule has 0 bridgehead atoms. The second-order valence-corrected chi connectivity index (χ2v) is 6.98. The lowest BCUT2D eigenvalue weighted by Gasteiger charge is -2.12. The van der Waals surface area contributed by atoms with Gasteiger partial charge in [-0.25, -0.2) is 0 Å². The van der Waals surface area contributed by atoms with Gasteiger partial charge < -0.3 is 15.2 Å². The number of nitrogens with zero attached hydrogens (tertiary/aromatic N) is 3. The topological polar surface area (TPSA) is 117 Å². The van der Waals surface area contributed by atoms with Crippen molar-refractivity contribution in [3.8, 4) is 6.07 Å². The molecule has 2 amide bonds. The smallest absolute Gasteiger partial charge is 0.269 e. The molecule has 0 saturated carbocycles. The molecule has 31 heavy (non-hydrogen) atoms. The fourth-order valence-electron chi connectivity index (χ4n) is 3.12. The van der Waals surface area contributed by atoms with E-state index in [2.05, 4.69) is 15.6 Å². The zero-order chi connectivity index (χ0) is 22.4. The Bertz CT molecular complexity index is 1230. The van der Waals surface area contributed by atoms with E-state index in [1.807, 2.05) is 18.2 Å². The third kappa shape index (κ3) is 5.22. The molecule has 0 aliphatic rings. The summed E-state index contributed by atoms with van der Waals surface area (Å²) in [4.78, 5) is 41.5. The standard InChI is InChI=1S/C23H21N5O3/c1-15-10-16(2)28(23(31)20(15)12-24)14-21(29)27-18-8-5-6-17(11-18)22(30)26-13-19-7-3-4-9-25-19/h3-11H,13-14H2,1-2H3,(H,26,30)(H,27,29). The van der Waals surface area contributed by atoms with Crippen molar-refractivity contribution in [1.29, 1.82) is 5.26 Å². The summed E-state index contributed by atoms with van der Waals surface area (Å²) >= 11 is 0. The first-order valence-electron chi connectivity index (χ1n) is 9.58. The van der Waals surface area contributed by atoms with Crippen LogP contribution < -0.4 is 16.2 Å². The maximum absolute atomic E-state index is 12.5. The molecule has 0 aliphatic heterocycles. The lowest BCUT2D eigenvalue weighted by atomic mass is 10.1. The predicted octanol–water partition coefficient (Wildman–Crippen LogP) is 2.30. The molecule has 8 nitrogen and oxygen atoms in total. The van der Waals surface area contributed by atoms with Gasteiger partial charge >= 0.3 is 0 Å². The number of carbonyl (C=O) groups is 2. The third-order valence-electron chi connectivity index (χ3n) is 4.68. The molecule has 0 atom stereocenters. The number of amides is 2. The van der Waals surface area contributed by atoms with Gasteiger partial charge in [-0.2, -0.15) is 5.26 Å². The van der Waals surface area contributed by atoms with Crippen LogP contribution in [0.5, 0.6) is 0 Å². The summed E-state index contributed by atoms with van der Waals surface area (Å²) in [6.45, 7) is 3.43. The first-order valence-corrected chi connectivity index (χ1v) is 9.58. The van der Waals surface area contributed by atoms with Crippen LogP contribution in [0, 0.1) is 25.2 Å². The van der Waals surface area contributed by atoms with Gasteiger partial charge in [0, 0.05) is 23.1 Å². The maximum atomic E-state index is 12.5. The Labute approximate surface area is 179 Å². The zero-order valence-corrected chi connectivity index (χ0v) is 17.2. The molecule has 0 fully saturated rings. The van der Waals surface area contributed by atoms with Gasteiger partial charge in [0.05, 0.1) is 12.2 Å². The SMILES string of the molecule is Cc1cc(C)n(CC(=O)Nc2cccc(C(=O)NCc3ccccn3)c2)c(=O)c1C#N. The van der Waals surface area contributed by atoms with Crippen LogP contribution in [0.1, 0.15) is 32.9 Å². The van der Waals surface area contributed by atoms with Gasteiger partial charge in [-0.3, -0.25) is 19.4 Å². The molecule has 2 heterocycles. The minimum Gasteiger partial charge on any atom is -0.346 e. The molecule has 156 valence electrons. The second-order valence-electron chi connectivity index (χ2n) is 6.98. The van der Waals surface area contributed by atoms with E-state index < -0.39 is 11.5 Å². The highest BCUT2D eigenvalue weighted by Crippen LogP contribution is 2.12. The van der Waals surface area contributed by atoms with E-state index in [-0.39, 0.29) is 24.6 Å². The van der Waals surface area contributed by atoms with E-state index >= 15 is 0 Å². The summed E-state index contributed by atoms with van der Waals surface area (Å²) < 4.78 is 1.25. The van der Waals surface area contributed by atoms with Crippen LogP contribution >= 0.6 is 0 Å². The number of hydrogen-bond donors (Lipinski definition) is 2. The van der Waals surface area contributed by atoms with Crippen LogP contribution in [-0.4, -0.2) is 21.4 Å². The first-order chi connectivity index (χ1) is 14.9. The number of benzene rings is 1. The molecule has 1 aromatic carbocycles. The molecule has 0 saturated heterocycles. The van der Waals surface area contributed by atoms with E-state index in [1.165, 1.54) is 4.57 Å². The lowest BCUT2D eigenvalue weighted by Crippen LogP contribution is -2.31. The van der Waals surface area contributed by atoms with Crippen LogP contribution in [0.2, 0.25) is 0 Å². The lowest BCUT2D eigenvalue weighted by molar-refractivity contribution is -0.116. The van der Waals surface area contributed by atoms with Gasteiger partial charge in [0.2, 0.25) is 5.91 Å². The normalized spacial score (nSPS) is 10.2. The summed E-state index contributed by atoms with van der Waals surface area (Å²) in [7, 11) is 0. The zero-order valence-electron chi connectivity index (χ0n) is 17.2. The van der Waals surface area contributed by atoms with Crippen molar-refractivity contribution in [3.05, 3.63) is 93.2 Å². The minimum atomic E-state index is -0.502. The Morgan fingerprint density at radius 2 is 1.94 bits per heavy atom. The largest absolute Gasteiger partial charge is 0.346 e.